The number of nitrogens with one attached hydrogen (secondary N) is 1. The molecule has 0 unspecified atom stereocenters. The maximum atomic E-state index is 12.7. The summed E-state index contributed by atoms with van der Waals surface area (Å²) in [5.74, 6) is -0.598. The topological polar surface area (TPSA) is 102 Å². The number of fused-ring (bicyclic) bond motifs is 1. The summed E-state index contributed by atoms with van der Waals surface area (Å²) in [5.41, 5.74) is 0.411. The third kappa shape index (κ3) is 3.19. The lowest BCUT2D eigenvalue weighted by Gasteiger charge is -2.39. The maximum absolute atomic E-state index is 12.7. The van der Waals surface area contributed by atoms with Gasteiger partial charge >= 0.3 is 5.97 Å². The quantitative estimate of drug-likeness (QED) is 0.793. The van der Waals surface area contributed by atoms with Crippen molar-refractivity contribution in [3.63, 3.8) is 0 Å². The Kier molecular flexibility index (Phi) is 4.31. The van der Waals surface area contributed by atoms with Gasteiger partial charge in [0.1, 0.15) is 10.6 Å². The van der Waals surface area contributed by atoms with Gasteiger partial charge in [-0.15, -0.1) is 0 Å². The first-order valence-electron chi connectivity index (χ1n) is 7.43. The molecule has 0 amide bonds. The van der Waals surface area contributed by atoms with Gasteiger partial charge in [-0.1, -0.05) is 6.07 Å². The van der Waals surface area contributed by atoms with E-state index < -0.39 is 16.0 Å². The zero-order valence-electron chi connectivity index (χ0n) is 12.7. The fraction of sp³-hybridized carbons (Fsp3) is 0.533. The molecule has 1 heterocycles. The van der Waals surface area contributed by atoms with Crippen molar-refractivity contribution in [3.8, 4) is 5.75 Å². The van der Waals surface area contributed by atoms with Gasteiger partial charge in [-0.25, -0.2) is 13.1 Å². The van der Waals surface area contributed by atoms with Crippen molar-refractivity contribution >= 4 is 16.0 Å². The molecule has 0 aromatic heterocycles. The van der Waals surface area contributed by atoms with Gasteiger partial charge in [0, 0.05) is 18.6 Å². The van der Waals surface area contributed by atoms with Gasteiger partial charge in [0.15, 0.2) is 0 Å². The van der Waals surface area contributed by atoms with Crippen molar-refractivity contribution in [2.75, 3.05) is 13.7 Å². The van der Waals surface area contributed by atoms with Crippen LogP contribution >= 0.6 is 0 Å². The highest BCUT2D eigenvalue weighted by molar-refractivity contribution is 7.89. The fourth-order valence-electron chi connectivity index (χ4n) is 3.21. The summed E-state index contributed by atoms with van der Waals surface area (Å²) < 4.78 is 38.6. The maximum Gasteiger partial charge on any atom is 0.307 e. The van der Waals surface area contributed by atoms with Crippen LogP contribution in [0.25, 0.3) is 0 Å². The Labute approximate surface area is 134 Å². The van der Waals surface area contributed by atoms with Gasteiger partial charge in [-0.3, -0.25) is 4.79 Å². The van der Waals surface area contributed by atoms with Gasteiger partial charge in [-0.05, 0) is 30.5 Å². The molecule has 0 radical (unpaired) electrons. The predicted octanol–water partition coefficient (Wildman–Crippen LogP) is 0.778. The number of carboxylic acid groups (broad SMARTS) is 1. The average molecular weight is 341 g/mol. The smallest absolute Gasteiger partial charge is 0.307 e. The van der Waals surface area contributed by atoms with Gasteiger partial charge in [-0.2, -0.15) is 0 Å². The van der Waals surface area contributed by atoms with Crippen molar-refractivity contribution in [2.24, 2.45) is 5.92 Å². The van der Waals surface area contributed by atoms with E-state index in [0.29, 0.717) is 18.6 Å². The number of aliphatic carboxylic acids is 1. The molecule has 2 N–H and O–H groups in total. The molecule has 3 atom stereocenters. The Morgan fingerprint density at radius 2 is 2.26 bits per heavy atom. The van der Waals surface area contributed by atoms with Crippen LogP contribution in [0.5, 0.6) is 5.75 Å². The molecular formula is C15H19NO6S. The molecule has 2 aliphatic rings. The lowest BCUT2D eigenvalue weighted by molar-refractivity contribution is -0.136. The molecule has 1 saturated carbocycles. The van der Waals surface area contributed by atoms with E-state index >= 15 is 0 Å². The molecule has 1 aliphatic carbocycles. The van der Waals surface area contributed by atoms with Crippen LogP contribution in [0.15, 0.2) is 23.1 Å². The average Bonchev–Trinajstić information content (AvgIpc) is 2.85. The number of hydrogen-bond acceptors (Lipinski definition) is 5. The monoisotopic (exact) mass is 341 g/mol. The first-order chi connectivity index (χ1) is 10.9. The molecule has 8 heteroatoms. The van der Waals surface area contributed by atoms with Crippen molar-refractivity contribution in [1.82, 2.24) is 4.72 Å². The lowest BCUT2D eigenvalue weighted by Crippen LogP contribution is -2.53. The number of ether oxygens (including phenoxy) is 2. The second kappa shape index (κ2) is 6.10. The second-order valence-corrected chi connectivity index (χ2v) is 7.56. The Morgan fingerprint density at radius 3 is 2.91 bits per heavy atom. The molecule has 7 nitrogen and oxygen atoms in total. The highest BCUT2D eigenvalue weighted by Crippen LogP contribution is 2.39. The summed E-state index contributed by atoms with van der Waals surface area (Å²) in [5, 5.41) is 8.87. The molecule has 0 bridgehead atoms. The molecule has 23 heavy (non-hydrogen) atoms. The normalized spacial score (nSPS) is 26.4. The van der Waals surface area contributed by atoms with Crippen molar-refractivity contribution in [3.05, 3.63) is 23.8 Å². The van der Waals surface area contributed by atoms with Crippen LogP contribution in [0, 0.1) is 5.92 Å². The molecule has 1 aromatic carbocycles. The zero-order chi connectivity index (χ0) is 16.6. The van der Waals surface area contributed by atoms with E-state index in [9.17, 15) is 13.2 Å². The lowest BCUT2D eigenvalue weighted by atomic mass is 9.77. The van der Waals surface area contributed by atoms with Crippen LogP contribution < -0.4 is 9.46 Å². The highest BCUT2D eigenvalue weighted by atomic mass is 32.2. The van der Waals surface area contributed by atoms with Gasteiger partial charge in [0.2, 0.25) is 10.0 Å². The van der Waals surface area contributed by atoms with Crippen molar-refractivity contribution in [1.29, 1.82) is 0 Å². The summed E-state index contributed by atoms with van der Waals surface area (Å²) in [4.78, 5) is 10.8. The summed E-state index contributed by atoms with van der Waals surface area (Å²) in [7, 11) is -2.40. The molecule has 126 valence electrons. The first-order valence-corrected chi connectivity index (χ1v) is 8.91. The predicted molar refractivity (Wildman–Crippen MR) is 80.9 cm³/mol. The van der Waals surface area contributed by atoms with E-state index in [2.05, 4.69) is 4.72 Å². The SMILES string of the molecule is COc1ccc(CC(=O)O)cc1S(=O)(=O)N[C@H]1C[C@@H]2OCC[C@H]12. The number of sulfonamides is 1. The zero-order valence-corrected chi connectivity index (χ0v) is 13.5. The fourth-order valence-corrected chi connectivity index (χ4v) is 4.73. The standard InChI is InChI=1S/C15H19NO6S/c1-21-12-3-2-9(7-15(17)18)6-14(12)23(19,20)16-11-8-13-10(11)4-5-22-13/h2-3,6,10-11,13,16H,4-5,7-8H2,1H3,(H,17,18)/t10-,11+,13+/m1/s1. The Balaban J connectivity index is 1.84. The molecule has 3 rings (SSSR count). The minimum Gasteiger partial charge on any atom is -0.495 e. The summed E-state index contributed by atoms with van der Waals surface area (Å²) in [6.45, 7) is 0.672. The Morgan fingerprint density at radius 1 is 1.48 bits per heavy atom. The molecule has 1 aliphatic heterocycles. The van der Waals surface area contributed by atoms with Crippen LogP contribution in [0.2, 0.25) is 0 Å². The number of methoxy groups -OCH3 is 1. The first kappa shape index (κ1) is 16.2. The summed E-state index contributed by atoms with van der Waals surface area (Å²) in [6.07, 6.45) is 1.44. The van der Waals surface area contributed by atoms with Gasteiger partial charge in [0.05, 0.1) is 19.6 Å². The third-order valence-electron chi connectivity index (χ3n) is 4.44. The van der Waals surface area contributed by atoms with E-state index in [1.807, 2.05) is 0 Å². The molecule has 1 saturated heterocycles. The van der Waals surface area contributed by atoms with E-state index in [1.165, 1.54) is 19.2 Å². The van der Waals surface area contributed by atoms with Crippen LogP contribution in [-0.2, 0) is 26.0 Å². The van der Waals surface area contributed by atoms with E-state index in [-0.39, 0.29) is 35.1 Å². The van der Waals surface area contributed by atoms with Gasteiger partial charge < -0.3 is 14.6 Å². The molecule has 1 aromatic rings. The van der Waals surface area contributed by atoms with E-state index in [1.54, 1.807) is 6.07 Å². The second-order valence-electron chi connectivity index (χ2n) is 5.88. The molecule has 0 spiro atoms. The minimum absolute atomic E-state index is 0.0267. The summed E-state index contributed by atoms with van der Waals surface area (Å²) >= 11 is 0. The summed E-state index contributed by atoms with van der Waals surface area (Å²) in [6, 6.07) is 4.25. The van der Waals surface area contributed by atoms with Gasteiger partial charge in [0.25, 0.3) is 0 Å². The van der Waals surface area contributed by atoms with Crippen LogP contribution in [-0.4, -0.2) is 45.4 Å². The number of hydrogen-bond donors (Lipinski definition) is 2. The van der Waals surface area contributed by atoms with Crippen LogP contribution in [0.3, 0.4) is 0 Å². The highest BCUT2D eigenvalue weighted by Gasteiger charge is 2.47. The Bertz CT molecular complexity index is 717. The van der Waals surface area contributed by atoms with E-state index in [4.69, 9.17) is 14.6 Å². The Hall–Kier alpha value is -1.64. The van der Waals surface area contributed by atoms with Crippen molar-refractivity contribution < 1.29 is 27.8 Å². The number of rotatable bonds is 6. The minimum atomic E-state index is -3.78. The van der Waals surface area contributed by atoms with Crippen molar-refractivity contribution in [2.45, 2.75) is 36.3 Å². The number of benzene rings is 1. The van der Waals surface area contributed by atoms with Crippen LogP contribution in [0.4, 0.5) is 0 Å². The largest absolute Gasteiger partial charge is 0.495 e. The van der Waals surface area contributed by atoms with Crippen LogP contribution in [0.1, 0.15) is 18.4 Å². The number of carboxylic acids is 1. The number of carbonyl (C=O) groups is 1. The molecule has 2 fully saturated rings. The third-order valence-corrected chi connectivity index (χ3v) is 5.95. The molecular weight excluding hydrogens is 322 g/mol. The van der Waals surface area contributed by atoms with E-state index in [0.717, 1.165) is 6.42 Å².